The maximum Gasteiger partial charge on any atom is 0.323 e. The number of rotatable bonds is 6. The van der Waals surface area contributed by atoms with Crippen LogP contribution in [0.1, 0.15) is 61.6 Å². The summed E-state index contributed by atoms with van der Waals surface area (Å²) < 4.78 is 0. The number of fused-ring (bicyclic) bond motifs is 2. The highest BCUT2D eigenvalue weighted by Crippen LogP contribution is 2.28. The Bertz CT molecular complexity index is 1680. The lowest BCUT2D eigenvalue weighted by atomic mass is 9.97. The van der Waals surface area contributed by atoms with Crippen molar-refractivity contribution in [2.75, 3.05) is 44.6 Å². The topological polar surface area (TPSA) is 137 Å². The third-order valence-electron chi connectivity index (χ3n) is 10.7. The third kappa shape index (κ3) is 6.74. The molecule has 3 saturated heterocycles. The van der Waals surface area contributed by atoms with Gasteiger partial charge in [0.1, 0.15) is 6.04 Å². The molecule has 1 atom stereocenters. The van der Waals surface area contributed by atoms with Crippen molar-refractivity contribution >= 4 is 34.7 Å². The molecule has 47 heavy (non-hydrogen) atoms. The van der Waals surface area contributed by atoms with Crippen LogP contribution in [0.3, 0.4) is 0 Å². The normalized spacial score (nSPS) is 20.6. The lowest BCUT2D eigenvalue weighted by Crippen LogP contribution is -2.57. The minimum Gasteiger partial charge on any atom is -0.341 e. The predicted molar refractivity (Wildman–Crippen MR) is 180 cm³/mol. The first-order chi connectivity index (χ1) is 22.8. The molecule has 0 radical (unpaired) electrons. The monoisotopic (exact) mass is 642 g/mol. The number of imidazole rings is 1. The number of anilines is 1. The molecule has 12 heteroatoms. The van der Waals surface area contributed by atoms with Gasteiger partial charge in [-0.2, -0.15) is 0 Å². The Morgan fingerprint density at radius 1 is 0.872 bits per heavy atom. The second-order valence-electron chi connectivity index (χ2n) is 13.7. The molecule has 250 valence electrons. The number of piperidine rings is 3. The first-order valence-electron chi connectivity index (χ1n) is 17.3. The van der Waals surface area contributed by atoms with E-state index in [0.717, 1.165) is 53.8 Å². The lowest BCUT2D eigenvalue weighted by Gasteiger charge is -2.42. The summed E-state index contributed by atoms with van der Waals surface area (Å²) in [5, 5.41) is 6.11. The van der Waals surface area contributed by atoms with Gasteiger partial charge >= 0.3 is 17.8 Å². The maximum absolute atomic E-state index is 14.1. The van der Waals surface area contributed by atoms with Crippen molar-refractivity contribution in [1.29, 1.82) is 0 Å². The second kappa shape index (κ2) is 13.4. The Morgan fingerprint density at radius 3 is 2.34 bits per heavy atom. The zero-order valence-corrected chi connectivity index (χ0v) is 27.2. The van der Waals surface area contributed by atoms with Gasteiger partial charge in [-0.15, -0.1) is 0 Å². The van der Waals surface area contributed by atoms with E-state index in [1.54, 1.807) is 4.90 Å². The summed E-state index contributed by atoms with van der Waals surface area (Å²) in [6.45, 7) is 7.14. The number of likely N-dealkylation sites (tertiary alicyclic amines) is 3. The molecule has 5 heterocycles. The zero-order valence-electron chi connectivity index (χ0n) is 27.2. The van der Waals surface area contributed by atoms with Gasteiger partial charge in [-0.25, -0.2) is 14.4 Å². The summed E-state index contributed by atoms with van der Waals surface area (Å²) >= 11 is 0. The highest BCUT2D eigenvalue weighted by Gasteiger charge is 2.35. The van der Waals surface area contributed by atoms with Crippen molar-refractivity contribution in [3.8, 4) is 0 Å². The van der Waals surface area contributed by atoms with Gasteiger partial charge in [-0.3, -0.25) is 4.79 Å². The summed E-state index contributed by atoms with van der Waals surface area (Å²) in [7, 11) is 0. The number of para-hydroxylation sites is 1. The lowest BCUT2D eigenvalue weighted by molar-refractivity contribution is -0.134. The average molecular weight is 643 g/mol. The fraction of sp³-hybridized carbons (Fsp3) is 0.543. The van der Waals surface area contributed by atoms with Crippen molar-refractivity contribution in [3.05, 3.63) is 63.6 Å². The molecule has 12 nitrogen and oxygen atoms in total. The Balaban J connectivity index is 1.02. The molecule has 3 aromatic rings. The van der Waals surface area contributed by atoms with E-state index in [1.165, 1.54) is 19.3 Å². The van der Waals surface area contributed by atoms with Crippen LogP contribution in [0.5, 0.6) is 0 Å². The van der Waals surface area contributed by atoms with Crippen LogP contribution in [0, 0.1) is 6.92 Å². The van der Waals surface area contributed by atoms with Gasteiger partial charge in [0, 0.05) is 56.9 Å². The van der Waals surface area contributed by atoms with Crippen molar-refractivity contribution in [1.82, 2.24) is 34.9 Å². The number of aryl methyl sites for hydroxylation is 1. The molecule has 4 aliphatic heterocycles. The van der Waals surface area contributed by atoms with Gasteiger partial charge in [0.05, 0.1) is 11.0 Å². The number of urea groups is 2. The largest absolute Gasteiger partial charge is 0.341 e. The Morgan fingerprint density at radius 2 is 1.57 bits per heavy atom. The molecular weight excluding hydrogens is 596 g/mol. The van der Waals surface area contributed by atoms with Gasteiger partial charge in [0.15, 0.2) is 0 Å². The smallest absolute Gasteiger partial charge is 0.323 e. The number of H-pyrrole nitrogens is 2. The molecule has 2 aromatic carbocycles. The van der Waals surface area contributed by atoms with Gasteiger partial charge in [-0.1, -0.05) is 30.7 Å². The molecule has 4 aliphatic rings. The summed E-state index contributed by atoms with van der Waals surface area (Å²) in [5.41, 5.74) is 4.90. The Kier molecular flexibility index (Phi) is 8.94. The summed E-state index contributed by atoms with van der Waals surface area (Å²) in [4.78, 5) is 66.5. The Labute approximate surface area is 274 Å². The van der Waals surface area contributed by atoms with Crippen molar-refractivity contribution in [3.63, 3.8) is 0 Å². The molecule has 1 unspecified atom stereocenters. The van der Waals surface area contributed by atoms with Crippen LogP contribution in [0.25, 0.3) is 11.0 Å². The molecule has 7 rings (SSSR count). The SMILES string of the molecule is Cc1cc(CC(NC(=O)N2CCC(N3Cc4ccccc4NC3=O)CC2)C(=O)N2CCC(N3CCCCC3)CC2)cc2[nH]c(=O)[nH]c12. The molecular formula is C35H46N8O4. The average Bonchev–Trinajstić information content (AvgIpc) is 3.48. The number of amides is 5. The number of nitrogens with zero attached hydrogens (tertiary/aromatic N) is 4. The van der Waals surface area contributed by atoms with Crippen LogP contribution in [0.15, 0.2) is 41.2 Å². The van der Waals surface area contributed by atoms with E-state index >= 15 is 0 Å². The second-order valence-corrected chi connectivity index (χ2v) is 13.7. The number of hydrogen-bond acceptors (Lipinski definition) is 5. The number of aromatic nitrogens is 2. The number of hydrogen-bond donors (Lipinski definition) is 4. The van der Waals surface area contributed by atoms with E-state index in [4.69, 9.17) is 0 Å². The molecule has 4 N–H and O–H groups in total. The molecule has 0 bridgehead atoms. The van der Waals surface area contributed by atoms with Crippen molar-refractivity contribution < 1.29 is 14.4 Å². The summed E-state index contributed by atoms with van der Waals surface area (Å²) in [5.74, 6) is -0.0608. The maximum atomic E-state index is 14.1. The molecule has 0 spiro atoms. The highest BCUT2D eigenvalue weighted by atomic mass is 16.2. The Hall–Kier alpha value is -4.32. The van der Waals surface area contributed by atoms with Crippen molar-refractivity contribution in [2.45, 2.75) is 83.0 Å². The minimum atomic E-state index is -0.737. The van der Waals surface area contributed by atoms with E-state index < -0.39 is 6.04 Å². The van der Waals surface area contributed by atoms with Crippen LogP contribution in [-0.4, -0.2) is 105 Å². The minimum absolute atomic E-state index is 0.0317. The van der Waals surface area contributed by atoms with Crippen molar-refractivity contribution in [2.24, 2.45) is 0 Å². The van der Waals surface area contributed by atoms with Crippen LogP contribution in [0.4, 0.5) is 15.3 Å². The third-order valence-corrected chi connectivity index (χ3v) is 10.7. The van der Waals surface area contributed by atoms with Crippen LogP contribution >= 0.6 is 0 Å². The summed E-state index contributed by atoms with van der Waals surface area (Å²) in [6, 6.07) is 11.2. The molecule has 0 saturated carbocycles. The summed E-state index contributed by atoms with van der Waals surface area (Å²) in [6.07, 6.45) is 7.36. The number of aromatic amines is 2. The fourth-order valence-corrected chi connectivity index (χ4v) is 8.04. The quantitative estimate of drug-likeness (QED) is 0.325. The van der Waals surface area contributed by atoms with E-state index in [1.807, 2.05) is 53.1 Å². The molecule has 0 aliphatic carbocycles. The van der Waals surface area contributed by atoms with E-state index in [-0.39, 0.29) is 29.7 Å². The van der Waals surface area contributed by atoms with E-state index in [9.17, 15) is 19.2 Å². The van der Waals surface area contributed by atoms with Crippen LogP contribution in [0.2, 0.25) is 0 Å². The van der Waals surface area contributed by atoms with Crippen LogP contribution < -0.4 is 16.3 Å². The van der Waals surface area contributed by atoms with Crippen LogP contribution in [-0.2, 0) is 17.8 Å². The first-order valence-corrected chi connectivity index (χ1v) is 17.3. The van der Waals surface area contributed by atoms with Gasteiger partial charge in [0.2, 0.25) is 5.91 Å². The number of carbonyl (C=O) groups excluding carboxylic acids is 3. The number of nitrogens with one attached hydrogen (secondary N) is 4. The first kappa shape index (κ1) is 31.3. The van der Waals surface area contributed by atoms with Gasteiger partial charge < -0.3 is 40.2 Å². The van der Waals surface area contributed by atoms with E-state index in [2.05, 4.69) is 25.5 Å². The molecule has 1 aromatic heterocycles. The fourth-order valence-electron chi connectivity index (χ4n) is 8.04. The molecule has 3 fully saturated rings. The van der Waals surface area contributed by atoms with Gasteiger partial charge in [0.25, 0.3) is 0 Å². The van der Waals surface area contributed by atoms with E-state index in [0.29, 0.717) is 63.5 Å². The highest BCUT2D eigenvalue weighted by molar-refractivity contribution is 5.92. The standard InChI is InChI=1S/C35H46N8O4/c1-23-19-24(20-29-31(23)39-33(45)36-29)21-30(32(44)41-15-9-26(10-16-41)40-13-5-2-6-14-40)38-34(46)42-17-11-27(12-18-42)43-22-25-7-3-4-8-28(25)37-35(43)47/h3-4,7-8,19-20,26-27,30H,2,5-6,9-18,21-22H2,1H3,(H,37,47)(H,38,46)(H2,36,39,45). The number of carbonyl (C=O) groups is 3. The zero-order chi connectivity index (χ0) is 32.5. The predicted octanol–water partition coefficient (Wildman–Crippen LogP) is 3.77. The van der Waals surface area contributed by atoms with Gasteiger partial charge in [-0.05, 0) is 87.4 Å². The number of benzene rings is 2. The molecule has 5 amide bonds.